The summed E-state index contributed by atoms with van der Waals surface area (Å²) in [7, 11) is 0. The second kappa shape index (κ2) is 19.5. The standard InChI is InChI=1S/C45H55N3O8S/c1-5-6-10-23-34-28-38(50)46-35(24-25-39(51)56-43(2,3)4)41(53)47-36(42(54)48-44(26-27-44)37(49)29-40(52)55-34)30-57-45(31-17-11-7-12-18-31,32-19-13-8-14-20-32)33-21-15-9-16-22-33/h7-23,34-37,49H,5-6,24-30H2,1-4H3,(H,46,50)(H,47,53)(H,48,54)/b23-10+/t34-,35+,36+,37?/m0/s1. The van der Waals surface area contributed by atoms with Crippen molar-refractivity contribution in [2.75, 3.05) is 5.75 Å². The highest BCUT2D eigenvalue weighted by Crippen LogP contribution is 2.49. The van der Waals surface area contributed by atoms with Crippen molar-refractivity contribution in [2.24, 2.45) is 0 Å². The normalized spacial score (nSPS) is 22.1. The number of hydrogen-bond acceptors (Lipinski definition) is 9. The third-order valence-electron chi connectivity index (χ3n) is 9.98. The van der Waals surface area contributed by atoms with Gasteiger partial charge in [-0.1, -0.05) is 110 Å². The maximum Gasteiger partial charge on any atom is 0.309 e. The fraction of sp³-hybridized carbons (Fsp3) is 0.444. The molecule has 4 N–H and O–H groups in total. The Kier molecular flexibility index (Phi) is 14.8. The number of ether oxygens (including phenoxy) is 2. The number of unbranched alkanes of at least 4 members (excludes halogenated alkanes) is 1. The third kappa shape index (κ3) is 11.8. The van der Waals surface area contributed by atoms with E-state index in [9.17, 15) is 29.1 Å². The molecule has 1 saturated carbocycles. The lowest BCUT2D eigenvalue weighted by atomic mass is 9.84. The molecule has 2 aliphatic rings. The Morgan fingerprint density at radius 3 is 1.91 bits per heavy atom. The summed E-state index contributed by atoms with van der Waals surface area (Å²) in [6.07, 6.45) is 2.56. The predicted molar refractivity (Wildman–Crippen MR) is 220 cm³/mol. The van der Waals surface area contributed by atoms with Gasteiger partial charge in [0, 0.05) is 12.2 Å². The molecular weight excluding hydrogens is 743 g/mol. The number of cyclic esters (lactones) is 1. The Balaban J connectivity index is 1.53. The molecule has 5 rings (SSSR count). The maximum atomic E-state index is 14.5. The number of carbonyl (C=O) groups is 5. The smallest absolute Gasteiger partial charge is 0.309 e. The highest BCUT2D eigenvalue weighted by Gasteiger charge is 2.52. The highest BCUT2D eigenvalue weighted by atomic mass is 32.2. The molecule has 2 fully saturated rings. The van der Waals surface area contributed by atoms with E-state index in [-0.39, 0.29) is 25.0 Å². The summed E-state index contributed by atoms with van der Waals surface area (Å²) < 4.78 is 10.3. The molecule has 12 heteroatoms. The van der Waals surface area contributed by atoms with Gasteiger partial charge >= 0.3 is 11.9 Å². The first-order chi connectivity index (χ1) is 27.2. The lowest BCUT2D eigenvalue weighted by Gasteiger charge is -2.37. The fourth-order valence-electron chi connectivity index (χ4n) is 6.93. The largest absolute Gasteiger partial charge is 0.460 e. The fourth-order valence-corrected chi connectivity index (χ4v) is 8.49. The van der Waals surface area contributed by atoms with Crippen molar-refractivity contribution < 1.29 is 38.6 Å². The summed E-state index contributed by atoms with van der Waals surface area (Å²) in [4.78, 5) is 68.4. The van der Waals surface area contributed by atoms with E-state index in [1.165, 1.54) is 11.8 Å². The zero-order valence-electron chi connectivity index (χ0n) is 33.2. The van der Waals surface area contributed by atoms with E-state index >= 15 is 0 Å². The van der Waals surface area contributed by atoms with Crippen LogP contribution in [0.5, 0.6) is 0 Å². The molecule has 3 aromatic carbocycles. The van der Waals surface area contributed by atoms with Gasteiger partial charge < -0.3 is 30.5 Å². The number of carbonyl (C=O) groups excluding carboxylic acids is 5. The van der Waals surface area contributed by atoms with Gasteiger partial charge in [0.15, 0.2) is 0 Å². The number of allylic oxidation sites excluding steroid dienone is 1. The van der Waals surface area contributed by atoms with E-state index in [1.54, 1.807) is 26.8 Å². The number of nitrogens with one attached hydrogen (secondary N) is 3. The van der Waals surface area contributed by atoms with E-state index in [0.29, 0.717) is 19.3 Å². The number of thioether (sulfide) groups is 1. The SMILES string of the molecule is CCC/C=C/[C@H]1CC(=O)N[C@H](CCC(=O)OC(C)(C)C)C(=O)N[C@H](CSC(c2ccccc2)(c2ccccc2)c2ccccc2)C(=O)NC2(CC2)C(O)CC(=O)O1. The first kappa shape index (κ1) is 43.2. The molecule has 0 bridgehead atoms. The summed E-state index contributed by atoms with van der Waals surface area (Å²) in [5.41, 5.74) is 0.993. The van der Waals surface area contributed by atoms with E-state index < -0.39 is 76.3 Å². The Morgan fingerprint density at radius 1 is 0.842 bits per heavy atom. The van der Waals surface area contributed by atoms with Gasteiger partial charge in [-0.15, -0.1) is 11.8 Å². The number of benzene rings is 3. The molecular formula is C45H55N3O8S. The molecule has 0 radical (unpaired) electrons. The number of rotatable bonds is 12. The number of amides is 3. The predicted octanol–water partition coefficient (Wildman–Crippen LogP) is 5.87. The van der Waals surface area contributed by atoms with Gasteiger partial charge in [-0.05, 0) is 69.2 Å². The highest BCUT2D eigenvalue weighted by molar-refractivity contribution is 8.00. The van der Waals surface area contributed by atoms with Crippen molar-refractivity contribution in [3.63, 3.8) is 0 Å². The Bertz CT molecular complexity index is 1760. The van der Waals surface area contributed by atoms with Crippen molar-refractivity contribution in [1.29, 1.82) is 0 Å². The Hall–Kier alpha value is -4.94. The average molecular weight is 798 g/mol. The topological polar surface area (TPSA) is 160 Å². The molecule has 304 valence electrons. The molecule has 1 aliphatic carbocycles. The first-order valence-electron chi connectivity index (χ1n) is 19.7. The molecule has 1 unspecified atom stereocenters. The Labute approximate surface area is 339 Å². The van der Waals surface area contributed by atoms with Crippen molar-refractivity contribution in [3.05, 3.63) is 120 Å². The van der Waals surface area contributed by atoms with Crippen LogP contribution in [0.4, 0.5) is 0 Å². The third-order valence-corrected chi connectivity index (χ3v) is 11.6. The number of aliphatic hydroxyl groups excluding tert-OH is 1. The van der Waals surface area contributed by atoms with Gasteiger partial charge in [-0.3, -0.25) is 24.0 Å². The minimum absolute atomic E-state index is 0.0570. The zero-order chi connectivity index (χ0) is 41.1. The lowest BCUT2D eigenvalue weighted by Crippen LogP contribution is -2.58. The van der Waals surface area contributed by atoms with Crippen molar-refractivity contribution in [2.45, 2.75) is 119 Å². The molecule has 1 saturated heterocycles. The van der Waals surface area contributed by atoms with Crippen LogP contribution in [0.3, 0.4) is 0 Å². The van der Waals surface area contributed by atoms with E-state index in [2.05, 4.69) is 16.0 Å². The zero-order valence-corrected chi connectivity index (χ0v) is 34.0. The molecule has 3 amide bonds. The van der Waals surface area contributed by atoms with Crippen LogP contribution in [-0.4, -0.2) is 76.0 Å². The van der Waals surface area contributed by atoms with Crippen molar-refractivity contribution in [1.82, 2.24) is 16.0 Å². The first-order valence-corrected chi connectivity index (χ1v) is 20.7. The van der Waals surface area contributed by atoms with E-state index in [0.717, 1.165) is 23.1 Å². The van der Waals surface area contributed by atoms with Gasteiger partial charge in [0.1, 0.15) is 23.8 Å². The van der Waals surface area contributed by atoms with Gasteiger partial charge in [0.05, 0.1) is 29.2 Å². The van der Waals surface area contributed by atoms with Crippen LogP contribution in [0.15, 0.2) is 103 Å². The molecule has 57 heavy (non-hydrogen) atoms. The monoisotopic (exact) mass is 797 g/mol. The summed E-state index contributed by atoms with van der Waals surface area (Å²) >= 11 is 1.47. The number of aliphatic hydroxyl groups is 1. The quantitative estimate of drug-likeness (QED) is 0.0999. The van der Waals surface area contributed by atoms with Crippen LogP contribution >= 0.6 is 11.8 Å². The number of hydrogen-bond donors (Lipinski definition) is 4. The molecule has 11 nitrogen and oxygen atoms in total. The van der Waals surface area contributed by atoms with Crippen LogP contribution in [0, 0.1) is 0 Å². The maximum absolute atomic E-state index is 14.5. The van der Waals surface area contributed by atoms with Crippen LogP contribution in [0.25, 0.3) is 0 Å². The van der Waals surface area contributed by atoms with Crippen LogP contribution in [-0.2, 0) is 38.2 Å². The summed E-state index contributed by atoms with van der Waals surface area (Å²) in [6, 6.07) is 27.3. The molecule has 1 aliphatic heterocycles. The minimum Gasteiger partial charge on any atom is -0.460 e. The molecule has 1 heterocycles. The van der Waals surface area contributed by atoms with Gasteiger partial charge in [0.2, 0.25) is 17.7 Å². The second-order valence-electron chi connectivity index (χ2n) is 15.7. The summed E-state index contributed by atoms with van der Waals surface area (Å²) in [6.45, 7) is 7.20. The van der Waals surface area contributed by atoms with Gasteiger partial charge in [0.25, 0.3) is 0 Å². The Morgan fingerprint density at radius 2 is 1.40 bits per heavy atom. The lowest BCUT2D eigenvalue weighted by molar-refractivity contribution is -0.155. The minimum atomic E-state index is -1.27. The van der Waals surface area contributed by atoms with Crippen molar-refractivity contribution >= 4 is 41.4 Å². The summed E-state index contributed by atoms with van der Waals surface area (Å²) in [5, 5.41) is 20.0. The number of esters is 2. The van der Waals surface area contributed by atoms with Crippen LogP contribution in [0.2, 0.25) is 0 Å². The van der Waals surface area contributed by atoms with Gasteiger partial charge in [-0.2, -0.15) is 0 Å². The summed E-state index contributed by atoms with van der Waals surface area (Å²) in [5.74, 6) is -3.05. The van der Waals surface area contributed by atoms with Crippen molar-refractivity contribution in [3.8, 4) is 0 Å². The van der Waals surface area contributed by atoms with Gasteiger partial charge in [-0.25, -0.2) is 0 Å². The van der Waals surface area contributed by atoms with E-state index in [1.807, 2.05) is 104 Å². The second-order valence-corrected chi connectivity index (χ2v) is 16.9. The molecule has 3 aromatic rings. The molecule has 4 atom stereocenters. The molecule has 0 aromatic heterocycles. The van der Waals surface area contributed by atoms with E-state index in [4.69, 9.17) is 9.47 Å². The van der Waals surface area contributed by atoms with Crippen LogP contribution < -0.4 is 16.0 Å². The van der Waals surface area contributed by atoms with Crippen LogP contribution in [0.1, 0.15) is 95.8 Å². The average Bonchev–Trinajstić information content (AvgIpc) is 3.97. The molecule has 1 spiro atoms.